The van der Waals surface area contributed by atoms with E-state index in [4.69, 9.17) is 4.74 Å². The van der Waals surface area contributed by atoms with Crippen molar-refractivity contribution < 1.29 is 14.3 Å². The quantitative estimate of drug-likeness (QED) is 0.582. The lowest BCUT2D eigenvalue weighted by Crippen LogP contribution is -2.50. The van der Waals surface area contributed by atoms with Crippen LogP contribution in [-0.2, 0) is 16.0 Å². The van der Waals surface area contributed by atoms with Crippen molar-refractivity contribution in [3.05, 3.63) is 77.0 Å². The summed E-state index contributed by atoms with van der Waals surface area (Å²) < 4.78 is 5.32. The van der Waals surface area contributed by atoms with Gasteiger partial charge in [0.1, 0.15) is 11.7 Å². The van der Waals surface area contributed by atoms with Crippen LogP contribution in [0.2, 0.25) is 0 Å². The highest BCUT2D eigenvalue weighted by atomic mass is 16.5. The van der Waals surface area contributed by atoms with Gasteiger partial charge in [-0.25, -0.2) is 0 Å². The predicted octanol–water partition coefficient (Wildman–Crippen LogP) is 3.94. The zero-order valence-corrected chi connectivity index (χ0v) is 19.6. The number of anilines is 1. The SMILES string of the molecule is CC(C)CN1C=CN(c2ccc(C(=O)N3CCOCC3)cc2N=O)[C@@H](Cc2ccccc2)C1=O. The minimum Gasteiger partial charge on any atom is -0.378 e. The van der Waals surface area contributed by atoms with Gasteiger partial charge in [0.2, 0.25) is 5.91 Å². The Hall–Kier alpha value is -3.52. The molecular weight excluding hydrogens is 432 g/mol. The van der Waals surface area contributed by atoms with Gasteiger partial charge in [0.15, 0.2) is 0 Å². The summed E-state index contributed by atoms with van der Waals surface area (Å²) in [7, 11) is 0. The molecule has 0 radical (unpaired) electrons. The maximum Gasteiger partial charge on any atom is 0.254 e. The fraction of sp³-hybridized carbons (Fsp3) is 0.385. The number of carbonyl (C=O) groups is 2. The van der Waals surface area contributed by atoms with Crippen LogP contribution < -0.4 is 4.90 Å². The molecule has 2 heterocycles. The van der Waals surface area contributed by atoms with Crippen LogP contribution >= 0.6 is 0 Å². The molecular formula is C26H30N4O4. The molecule has 2 aliphatic rings. The van der Waals surface area contributed by atoms with Crippen LogP contribution in [0.5, 0.6) is 0 Å². The minimum absolute atomic E-state index is 0.0367. The molecule has 0 unspecified atom stereocenters. The first-order chi connectivity index (χ1) is 16.5. The van der Waals surface area contributed by atoms with Crippen molar-refractivity contribution in [1.29, 1.82) is 0 Å². The monoisotopic (exact) mass is 462 g/mol. The van der Waals surface area contributed by atoms with E-state index in [0.717, 1.165) is 5.56 Å². The van der Waals surface area contributed by atoms with E-state index in [1.54, 1.807) is 33.0 Å². The van der Waals surface area contributed by atoms with Gasteiger partial charge in [-0.05, 0) is 34.9 Å². The fourth-order valence-corrected chi connectivity index (χ4v) is 4.35. The first-order valence-corrected chi connectivity index (χ1v) is 11.6. The zero-order chi connectivity index (χ0) is 24.1. The summed E-state index contributed by atoms with van der Waals surface area (Å²) >= 11 is 0. The predicted molar refractivity (Wildman–Crippen MR) is 131 cm³/mol. The van der Waals surface area contributed by atoms with Gasteiger partial charge in [0, 0.05) is 44.0 Å². The van der Waals surface area contributed by atoms with Gasteiger partial charge in [-0.15, -0.1) is 4.91 Å². The molecule has 0 spiro atoms. The summed E-state index contributed by atoms with van der Waals surface area (Å²) in [4.78, 5) is 43.5. The third-order valence-electron chi connectivity index (χ3n) is 6.04. The molecule has 2 aromatic carbocycles. The number of rotatable bonds is 7. The molecule has 0 aliphatic carbocycles. The molecule has 178 valence electrons. The van der Waals surface area contributed by atoms with Crippen molar-refractivity contribution in [2.24, 2.45) is 11.1 Å². The second kappa shape index (κ2) is 10.6. The van der Waals surface area contributed by atoms with Gasteiger partial charge in [-0.3, -0.25) is 9.59 Å². The summed E-state index contributed by atoms with van der Waals surface area (Å²) in [6.07, 6.45) is 4.06. The molecule has 1 atom stereocenters. The highest BCUT2D eigenvalue weighted by molar-refractivity contribution is 5.97. The molecule has 1 saturated heterocycles. The molecule has 8 heteroatoms. The van der Waals surface area contributed by atoms with Crippen LogP contribution in [-0.4, -0.2) is 60.5 Å². The Bertz CT molecular complexity index is 1060. The molecule has 2 aliphatic heterocycles. The van der Waals surface area contributed by atoms with Crippen molar-refractivity contribution in [2.45, 2.75) is 26.3 Å². The Labute approximate surface area is 199 Å². The Morgan fingerprint density at radius 3 is 2.50 bits per heavy atom. The maximum absolute atomic E-state index is 13.5. The van der Waals surface area contributed by atoms with Gasteiger partial charge in [-0.2, -0.15) is 0 Å². The van der Waals surface area contributed by atoms with Crippen molar-refractivity contribution in [2.75, 3.05) is 37.7 Å². The van der Waals surface area contributed by atoms with Gasteiger partial charge in [0.05, 0.1) is 18.9 Å². The minimum atomic E-state index is -0.535. The fourth-order valence-electron chi connectivity index (χ4n) is 4.35. The van der Waals surface area contributed by atoms with Crippen LogP contribution in [0, 0.1) is 10.8 Å². The molecule has 34 heavy (non-hydrogen) atoms. The van der Waals surface area contributed by atoms with Gasteiger partial charge in [-0.1, -0.05) is 44.2 Å². The number of hydrogen-bond acceptors (Lipinski definition) is 6. The molecule has 0 aromatic heterocycles. The number of benzene rings is 2. The Morgan fingerprint density at radius 1 is 1.09 bits per heavy atom. The van der Waals surface area contributed by atoms with Crippen LogP contribution in [0.15, 0.2) is 66.1 Å². The molecule has 1 fully saturated rings. The molecule has 2 amide bonds. The van der Waals surface area contributed by atoms with E-state index >= 15 is 0 Å². The molecule has 8 nitrogen and oxygen atoms in total. The Balaban J connectivity index is 1.67. The number of hydrogen-bond donors (Lipinski definition) is 0. The highest BCUT2D eigenvalue weighted by Crippen LogP contribution is 2.34. The molecule has 0 bridgehead atoms. The van der Waals surface area contributed by atoms with E-state index in [2.05, 4.69) is 19.0 Å². The Kier molecular flexibility index (Phi) is 7.37. The van der Waals surface area contributed by atoms with E-state index in [1.807, 2.05) is 36.5 Å². The standard InChI is InChI=1S/C26H30N4O4/c1-19(2)18-29-10-11-30(24(26(29)32)16-20-6-4-3-5-7-20)23-9-8-21(17-22(23)27-33)25(31)28-12-14-34-15-13-28/h3-11,17,19,24H,12-16,18H2,1-2H3/t24-/m0/s1. The van der Waals surface area contributed by atoms with Crippen LogP contribution in [0.3, 0.4) is 0 Å². The van der Waals surface area contributed by atoms with E-state index in [1.165, 1.54) is 6.07 Å². The average molecular weight is 463 g/mol. The second-order valence-corrected chi connectivity index (χ2v) is 8.99. The van der Waals surface area contributed by atoms with Crippen molar-refractivity contribution in [3.63, 3.8) is 0 Å². The molecule has 0 N–H and O–H groups in total. The van der Waals surface area contributed by atoms with Crippen LogP contribution in [0.1, 0.15) is 29.8 Å². The van der Waals surface area contributed by atoms with Gasteiger partial charge < -0.3 is 19.4 Å². The van der Waals surface area contributed by atoms with Gasteiger partial charge in [0.25, 0.3) is 5.91 Å². The van der Waals surface area contributed by atoms with E-state index < -0.39 is 6.04 Å². The number of amides is 2. The van der Waals surface area contributed by atoms with E-state index in [0.29, 0.717) is 56.4 Å². The van der Waals surface area contributed by atoms with Crippen LogP contribution in [0.25, 0.3) is 0 Å². The van der Waals surface area contributed by atoms with Crippen molar-refractivity contribution in [3.8, 4) is 0 Å². The number of ether oxygens (including phenoxy) is 1. The normalized spacial score (nSPS) is 18.5. The summed E-state index contributed by atoms with van der Waals surface area (Å²) in [6, 6.07) is 14.2. The Morgan fingerprint density at radius 2 is 1.82 bits per heavy atom. The van der Waals surface area contributed by atoms with E-state index in [-0.39, 0.29) is 17.5 Å². The highest BCUT2D eigenvalue weighted by Gasteiger charge is 2.34. The maximum atomic E-state index is 13.5. The van der Waals surface area contributed by atoms with E-state index in [9.17, 15) is 14.5 Å². The lowest BCUT2D eigenvalue weighted by molar-refractivity contribution is -0.130. The third kappa shape index (κ3) is 5.17. The van der Waals surface area contributed by atoms with Crippen LogP contribution in [0.4, 0.5) is 11.4 Å². The van der Waals surface area contributed by atoms with Crippen molar-refractivity contribution >= 4 is 23.2 Å². The first-order valence-electron chi connectivity index (χ1n) is 11.6. The number of nitroso groups, excluding NO2 is 1. The summed E-state index contributed by atoms with van der Waals surface area (Å²) in [5, 5.41) is 3.22. The van der Waals surface area contributed by atoms with Gasteiger partial charge >= 0.3 is 0 Å². The number of nitrogens with zero attached hydrogens (tertiary/aromatic N) is 4. The lowest BCUT2D eigenvalue weighted by atomic mass is 10.00. The summed E-state index contributed by atoms with van der Waals surface area (Å²) in [6.45, 7) is 6.77. The average Bonchev–Trinajstić information content (AvgIpc) is 2.86. The van der Waals surface area contributed by atoms with Crippen molar-refractivity contribution in [1.82, 2.24) is 9.80 Å². The topological polar surface area (TPSA) is 82.5 Å². The smallest absolute Gasteiger partial charge is 0.254 e. The molecule has 0 saturated carbocycles. The third-order valence-corrected chi connectivity index (χ3v) is 6.04. The summed E-state index contributed by atoms with van der Waals surface area (Å²) in [5.41, 5.74) is 2.05. The molecule has 4 rings (SSSR count). The first kappa shape index (κ1) is 23.6. The second-order valence-electron chi connectivity index (χ2n) is 8.99. The lowest BCUT2D eigenvalue weighted by Gasteiger charge is -2.38. The largest absolute Gasteiger partial charge is 0.378 e. The number of morpholine rings is 1. The zero-order valence-electron chi connectivity index (χ0n) is 19.6. The molecule has 2 aromatic rings. The summed E-state index contributed by atoms with van der Waals surface area (Å²) in [5.74, 6) is 0.120. The number of carbonyl (C=O) groups excluding carboxylic acids is 2.